The molecule has 1 amide bonds. The molecule has 1 aliphatic rings. The van der Waals surface area contributed by atoms with Gasteiger partial charge in [-0.2, -0.15) is 0 Å². The minimum Gasteiger partial charge on any atom is -0.390 e. The molecule has 0 aliphatic carbocycles. The molecule has 1 unspecified atom stereocenters. The Kier molecular flexibility index (Phi) is 5.85. The van der Waals surface area contributed by atoms with Crippen molar-refractivity contribution >= 4 is 16.8 Å². The Morgan fingerprint density at radius 1 is 1.33 bits per heavy atom. The summed E-state index contributed by atoms with van der Waals surface area (Å²) in [6, 6.07) is 8.08. The highest BCUT2D eigenvalue weighted by Gasteiger charge is 2.15. The van der Waals surface area contributed by atoms with Crippen LogP contribution in [0.4, 0.5) is 0 Å². The van der Waals surface area contributed by atoms with Crippen LogP contribution in [0.25, 0.3) is 10.9 Å². The van der Waals surface area contributed by atoms with Gasteiger partial charge in [-0.25, -0.2) is 0 Å². The molecule has 0 saturated carbocycles. The van der Waals surface area contributed by atoms with Crippen molar-refractivity contribution in [3.8, 4) is 0 Å². The second-order valence-corrected chi connectivity index (χ2v) is 6.23. The molecular weight excluding hydrogens is 306 g/mol. The number of rotatable bonds is 7. The molecule has 2 heterocycles. The molecule has 130 valence electrons. The third kappa shape index (κ3) is 4.56. The normalized spacial score (nSPS) is 17.0. The van der Waals surface area contributed by atoms with Crippen LogP contribution in [0.3, 0.4) is 0 Å². The second-order valence-electron chi connectivity index (χ2n) is 6.23. The van der Waals surface area contributed by atoms with E-state index in [9.17, 15) is 9.90 Å². The molecule has 6 heteroatoms. The van der Waals surface area contributed by atoms with Crippen molar-refractivity contribution in [1.29, 1.82) is 0 Å². The zero-order valence-electron chi connectivity index (χ0n) is 13.8. The second kappa shape index (κ2) is 8.28. The lowest BCUT2D eigenvalue weighted by Gasteiger charge is -2.28. The minimum atomic E-state index is -0.542. The van der Waals surface area contributed by atoms with Gasteiger partial charge in [-0.3, -0.25) is 9.69 Å². The van der Waals surface area contributed by atoms with Gasteiger partial charge in [-0.15, -0.1) is 0 Å². The molecule has 3 rings (SSSR count). The van der Waals surface area contributed by atoms with Crippen molar-refractivity contribution < 1.29 is 14.6 Å². The van der Waals surface area contributed by atoms with Crippen LogP contribution >= 0.6 is 0 Å². The highest BCUT2D eigenvalue weighted by molar-refractivity contribution is 5.84. The smallest absolute Gasteiger partial charge is 0.220 e. The first-order valence-electron chi connectivity index (χ1n) is 8.52. The fourth-order valence-corrected chi connectivity index (χ4v) is 3.05. The Balaban J connectivity index is 1.39. The molecule has 0 radical (unpaired) electrons. The zero-order chi connectivity index (χ0) is 16.8. The number of H-pyrrole nitrogens is 1. The number of morpholine rings is 1. The quantitative estimate of drug-likeness (QED) is 0.705. The van der Waals surface area contributed by atoms with E-state index >= 15 is 0 Å². The van der Waals surface area contributed by atoms with Crippen molar-refractivity contribution in [1.82, 2.24) is 15.2 Å². The highest BCUT2D eigenvalue weighted by Crippen LogP contribution is 2.18. The Morgan fingerprint density at radius 3 is 2.96 bits per heavy atom. The lowest BCUT2D eigenvalue weighted by molar-refractivity contribution is -0.121. The zero-order valence-corrected chi connectivity index (χ0v) is 13.8. The highest BCUT2D eigenvalue weighted by atomic mass is 16.5. The van der Waals surface area contributed by atoms with Gasteiger partial charge in [-0.1, -0.05) is 18.2 Å². The van der Waals surface area contributed by atoms with Crippen LogP contribution in [0.5, 0.6) is 0 Å². The molecule has 0 bridgehead atoms. The summed E-state index contributed by atoms with van der Waals surface area (Å²) in [5.41, 5.74) is 2.24. The fourth-order valence-electron chi connectivity index (χ4n) is 3.05. The maximum Gasteiger partial charge on any atom is 0.220 e. The Labute approximate surface area is 141 Å². The van der Waals surface area contributed by atoms with Crippen molar-refractivity contribution in [2.45, 2.75) is 18.9 Å². The minimum absolute atomic E-state index is 0.0266. The molecule has 3 N–H and O–H groups in total. The van der Waals surface area contributed by atoms with Gasteiger partial charge in [0.05, 0.1) is 19.3 Å². The summed E-state index contributed by atoms with van der Waals surface area (Å²) in [5, 5.41) is 14.0. The van der Waals surface area contributed by atoms with Gasteiger partial charge in [0.25, 0.3) is 0 Å². The number of nitrogens with zero attached hydrogens (tertiary/aromatic N) is 1. The molecule has 1 aliphatic heterocycles. The number of amides is 1. The maximum atomic E-state index is 12.0. The SMILES string of the molecule is O=C(CCc1c[nH]c2ccccc12)NCC(O)CN1CCOCC1. The van der Waals surface area contributed by atoms with Crippen LogP contribution in [0, 0.1) is 0 Å². The summed E-state index contributed by atoms with van der Waals surface area (Å²) in [4.78, 5) is 17.4. The number of carbonyl (C=O) groups is 1. The molecule has 1 aromatic carbocycles. The lowest BCUT2D eigenvalue weighted by atomic mass is 10.1. The number of aliphatic hydroxyl groups excluding tert-OH is 1. The van der Waals surface area contributed by atoms with E-state index in [-0.39, 0.29) is 5.91 Å². The number of hydrogen-bond acceptors (Lipinski definition) is 4. The van der Waals surface area contributed by atoms with Crippen LogP contribution in [0.15, 0.2) is 30.5 Å². The van der Waals surface area contributed by atoms with Crippen molar-refractivity contribution in [2.75, 3.05) is 39.4 Å². The molecule has 0 spiro atoms. The van der Waals surface area contributed by atoms with Crippen LogP contribution in [-0.2, 0) is 16.0 Å². The largest absolute Gasteiger partial charge is 0.390 e. The van der Waals surface area contributed by atoms with E-state index in [1.807, 2.05) is 24.4 Å². The predicted octanol–water partition coefficient (Wildman–Crippen LogP) is 0.910. The monoisotopic (exact) mass is 331 g/mol. The third-order valence-corrected chi connectivity index (χ3v) is 4.40. The molecule has 6 nitrogen and oxygen atoms in total. The maximum absolute atomic E-state index is 12.0. The summed E-state index contributed by atoms with van der Waals surface area (Å²) in [7, 11) is 0. The van der Waals surface area contributed by atoms with Gasteiger partial charge in [0.1, 0.15) is 0 Å². The topological polar surface area (TPSA) is 77.6 Å². The Morgan fingerprint density at radius 2 is 2.12 bits per heavy atom. The van der Waals surface area contributed by atoms with E-state index in [0.717, 1.165) is 29.6 Å². The van der Waals surface area contributed by atoms with Crippen molar-refractivity contribution in [3.05, 3.63) is 36.0 Å². The Bertz CT molecular complexity index is 664. The van der Waals surface area contributed by atoms with Crippen LogP contribution in [0.2, 0.25) is 0 Å². The number of ether oxygens (including phenoxy) is 1. The summed E-state index contributed by atoms with van der Waals surface area (Å²) in [5.74, 6) is -0.0266. The van der Waals surface area contributed by atoms with E-state index < -0.39 is 6.10 Å². The number of hydrogen-bond donors (Lipinski definition) is 3. The molecule has 24 heavy (non-hydrogen) atoms. The van der Waals surface area contributed by atoms with Gasteiger partial charge in [-0.05, 0) is 18.1 Å². The predicted molar refractivity (Wildman–Crippen MR) is 92.9 cm³/mol. The van der Waals surface area contributed by atoms with E-state index in [4.69, 9.17) is 4.74 Å². The van der Waals surface area contributed by atoms with Crippen LogP contribution < -0.4 is 5.32 Å². The number of aromatic amines is 1. The number of carbonyl (C=O) groups excluding carboxylic acids is 1. The fraction of sp³-hybridized carbons (Fsp3) is 0.500. The molecular formula is C18H25N3O3. The summed E-state index contributed by atoms with van der Waals surface area (Å²) in [6.07, 6.45) is 2.53. The molecule has 1 saturated heterocycles. The first-order valence-corrected chi connectivity index (χ1v) is 8.52. The number of benzene rings is 1. The van der Waals surface area contributed by atoms with E-state index in [0.29, 0.717) is 39.1 Å². The molecule has 2 aromatic rings. The summed E-state index contributed by atoms with van der Waals surface area (Å²) in [6.45, 7) is 3.97. The molecule has 1 aromatic heterocycles. The van der Waals surface area contributed by atoms with Gasteiger partial charge in [0.2, 0.25) is 5.91 Å². The van der Waals surface area contributed by atoms with Crippen LogP contribution in [-0.4, -0.2) is 66.4 Å². The lowest BCUT2D eigenvalue weighted by Crippen LogP contribution is -2.44. The number of para-hydroxylation sites is 1. The number of fused-ring (bicyclic) bond motifs is 1. The number of aryl methyl sites for hydroxylation is 1. The van der Waals surface area contributed by atoms with Crippen molar-refractivity contribution in [2.24, 2.45) is 0 Å². The Hall–Kier alpha value is -1.89. The third-order valence-electron chi connectivity index (χ3n) is 4.40. The summed E-state index contributed by atoms with van der Waals surface area (Å²) < 4.78 is 5.28. The van der Waals surface area contributed by atoms with E-state index in [1.54, 1.807) is 0 Å². The number of aromatic nitrogens is 1. The number of aliphatic hydroxyl groups is 1. The van der Waals surface area contributed by atoms with Crippen molar-refractivity contribution in [3.63, 3.8) is 0 Å². The average molecular weight is 331 g/mol. The first-order chi connectivity index (χ1) is 11.7. The number of β-amino-alcohol motifs (C(OH)–C–C–N with tert-alkyl or cyclic N) is 1. The van der Waals surface area contributed by atoms with Gasteiger partial charge < -0.3 is 20.1 Å². The molecule has 1 fully saturated rings. The molecule has 1 atom stereocenters. The average Bonchev–Trinajstić information content (AvgIpc) is 3.02. The van der Waals surface area contributed by atoms with E-state index in [1.165, 1.54) is 0 Å². The first kappa shape index (κ1) is 17.0. The summed E-state index contributed by atoms with van der Waals surface area (Å²) >= 11 is 0. The van der Waals surface area contributed by atoms with E-state index in [2.05, 4.69) is 21.3 Å². The standard InChI is InChI=1S/C18H25N3O3/c22-15(13-21-7-9-24-10-8-21)12-20-18(23)6-5-14-11-19-17-4-2-1-3-16(14)17/h1-4,11,15,19,22H,5-10,12-13H2,(H,20,23). The van der Waals surface area contributed by atoms with Gasteiger partial charge >= 0.3 is 0 Å². The van der Waals surface area contributed by atoms with Gasteiger partial charge in [0, 0.05) is 49.7 Å². The van der Waals surface area contributed by atoms with Gasteiger partial charge in [0.15, 0.2) is 0 Å². The number of nitrogens with one attached hydrogen (secondary N) is 2. The van der Waals surface area contributed by atoms with Crippen LogP contribution in [0.1, 0.15) is 12.0 Å².